The van der Waals surface area contributed by atoms with Crippen molar-refractivity contribution in [1.29, 1.82) is 0 Å². The van der Waals surface area contributed by atoms with Gasteiger partial charge in [0.15, 0.2) is 11.5 Å². The maximum absolute atomic E-state index is 5.65. The van der Waals surface area contributed by atoms with Crippen molar-refractivity contribution in [1.82, 2.24) is 0 Å². The molecular formula is C15H23NO3. The Morgan fingerprint density at radius 3 is 2.79 bits per heavy atom. The largest absolute Gasteiger partial charge is 0.490 e. The Morgan fingerprint density at radius 1 is 1.21 bits per heavy atom. The summed E-state index contributed by atoms with van der Waals surface area (Å²) < 4.78 is 16.8. The molecule has 1 aliphatic rings. The van der Waals surface area contributed by atoms with E-state index in [1.807, 2.05) is 18.2 Å². The monoisotopic (exact) mass is 265 g/mol. The lowest BCUT2D eigenvalue weighted by atomic mass is 10.2. The average molecular weight is 265 g/mol. The molecule has 2 rings (SSSR count). The SMILES string of the molecule is CC(C)COCCNc1ccc2c(c1)OCCCO2. The summed E-state index contributed by atoms with van der Waals surface area (Å²) in [5.41, 5.74) is 1.04. The number of fused-ring (bicyclic) bond motifs is 1. The third-order valence-electron chi connectivity index (χ3n) is 2.77. The van der Waals surface area contributed by atoms with E-state index in [0.29, 0.717) is 19.1 Å². The number of ether oxygens (including phenoxy) is 3. The van der Waals surface area contributed by atoms with Crippen LogP contribution in [0.3, 0.4) is 0 Å². The van der Waals surface area contributed by atoms with E-state index in [2.05, 4.69) is 19.2 Å². The van der Waals surface area contributed by atoms with Crippen molar-refractivity contribution < 1.29 is 14.2 Å². The van der Waals surface area contributed by atoms with E-state index in [1.54, 1.807) is 0 Å². The molecule has 0 aromatic heterocycles. The second kappa shape index (κ2) is 7.24. The van der Waals surface area contributed by atoms with Crippen LogP contribution < -0.4 is 14.8 Å². The summed E-state index contributed by atoms with van der Waals surface area (Å²) in [6, 6.07) is 5.96. The molecular weight excluding hydrogens is 242 g/mol. The molecule has 0 unspecified atom stereocenters. The highest BCUT2D eigenvalue weighted by Crippen LogP contribution is 2.32. The summed E-state index contributed by atoms with van der Waals surface area (Å²) >= 11 is 0. The molecule has 0 spiro atoms. The lowest BCUT2D eigenvalue weighted by molar-refractivity contribution is 0.118. The van der Waals surface area contributed by atoms with Crippen molar-refractivity contribution in [2.24, 2.45) is 5.92 Å². The smallest absolute Gasteiger partial charge is 0.163 e. The molecule has 0 saturated carbocycles. The molecule has 1 aliphatic heterocycles. The maximum atomic E-state index is 5.65. The second-order valence-corrected chi connectivity index (χ2v) is 5.11. The molecule has 1 aromatic rings. The molecule has 4 heteroatoms. The van der Waals surface area contributed by atoms with E-state index in [4.69, 9.17) is 14.2 Å². The average Bonchev–Trinajstić information content (AvgIpc) is 2.62. The van der Waals surface area contributed by atoms with Crippen LogP contribution in [0.15, 0.2) is 18.2 Å². The van der Waals surface area contributed by atoms with Gasteiger partial charge >= 0.3 is 0 Å². The minimum atomic E-state index is 0.582. The predicted octanol–water partition coefficient (Wildman–Crippen LogP) is 2.93. The molecule has 1 aromatic carbocycles. The Balaban J connectivity index is 1.79. The van der Waals surface area contributed by atoms with Crippen LogP contribution in [-0.4, -0.2) is 33.0 Å². The Morgan fingerprint density at radius 2 is 2.00 bits per heavy atom. The van der Waals surface area contributed by atoms with Crippen LogP contribution >= 0.6 is 0 Å². The first-order chi connectivity index (χ1) is 9.25. The molecule has 1 N–H and O–H groups in total. The highest BCUT2D eigenvalue weighted by molar-refractivity contribution is 5.54. The number of hydrogen-bond acceptors (Lipinski definition) is 4. The first kappa shape index (κ1) is 14.0. The van der Waals surface area contributed by atoms with Gasteiger partial charge in [-0.05, 0) is 18.1 Å². The minimum absolute atomic E-state index is 0.582. The fourth-order valence-electron chi connectivity index (χ4n) is 1.86. The zero-order chi connectivity index (χ0) is 13.5. The van der Waals surface area contributed by atoms with Crippen molar-refractivity contribution in [3.8, 4) is 11.5 Å². The zero-order valence-electron chi connectivity index (χ0n) is 11.8. The molecule has 0 atom stereocenters. The predicted molar refractivity (Wildman–Crippen MR) is 76.2 cm³/mol. The van der Waals surface area contributed by atoms with Crippen molar-refractivity contribution in [2.75, 3.05) is 38.3 Å². The van der Waals surface area contributed by atoms with Crippen molar-refractivity contribution in [3.05, 3.63) is 18.2 Å². The van der Waals surface area contributed by atoms with Crippen LogP contribution in [0, 0.1) is 5.92 Å². The third kappa shape index (κ3) is 4.63. The molecule has 0 saturated heterocycles. The molecule has 1 heterocycles. The Labute approximate surface area is 115 Å². The van der Waals surface area contributed by atoms with Crippen molar-refractivity contribution in [2.45, 2.75) is 20.3 Å². The molecule has 0 fully saturated rings. The van der Waals surface area contributed by atoms with Gasteiger partial charge < -0.3 is 19.5 Å². The summed E-state index contributed by atoms with van der Waals surface area (Å²) in [5.74, 6) is 2.24. The molecule has 0 aliphatic carbocycles. The first-order valence-electron chi connectivity index (χ1n) is 6.97. The van der Waals surface area contributed by atoms with Gasteiger partial charge in [-0.25, -0.2) is 0 Å². The van der Waals surface area contributed by atoms with Gasteiger partial charge in [0, 0.05) is 31.3 Å². The number of rotatable bonds is 6. The van der Waals surface area contributed by atoms with Crippen LogP contribution in [-0.2, 0) is 4.74 Å². The Hall–Kier alpha value is -1.42. The van der Waals surface area contributed by atoms with Crippen LogP contribution in [0.5, 0.6) is 11.5 Å². The van der Waals surface area contributed by atoms with E-state index in [-0.39, 0.29) is 0 Å². The zero-order valence-corrected chi connectivity index (χ0v) is 11.8. The van der Waals surface area contributed by atoms with Crippen LogP contribution in [0.4, 0.5) is 5.69 Å². The lowest BCUT2D eigenvalue weighted by Gasteiger charge is -2.11. The van der Waals surface area contributed by atoms with Gasteiger partial charge in [0.25, 0.3) is 0 Å². The summed E-state index contributed by atoms with van der Waals surface area (Å²) in [6.07, 6.45) is 0.931. The molecule has 0 bridgehead atoms. The van der Waals surface area contributed by atoms with Gasteiger partial charge in [0.05, 0.1) is 19.8 Å². The number of hydrogen-bond donors (Lipinski definition) is 1. The van der Waals surface area contributed by atoms with Crippen molar-refractivity contribution in [3.63, 3.8) is 0 Å². The van der Waals surface area contributed by atoms with Crippen LogP contribution in [0.1, 0.15) is 20.3 Å². The number of anilines is 1. The van der Waals surface area contributed by atoms with Gasteiger partial charge in [0.2, 0.25) is 0 Å². The Bertz CT molecular complexity index is 393. The topological polar surface area (TPSA) is 39.7 Å². The highest BCUT2D eigenvalue weighted by Gasteiger charge is 2.10. The molecule has 4 nitrogen and oxygen atoms in total. The summed E-state index contributed by atoms with van der Waals surface area (Å²) in [5, 5.41) is 3.33. The van der Waals surface area contributed by atoms with Gasteiger partial charge in [-0.3, -0.25) is 0 Å². The summed E-state index contributed by atoms with van der Waals surface area (Å²) in [4.78, 5) is 0. The summed E-state index contributed by atoms with van der Waals surface area (Å²) in [6.45, 7) is 8.06. The molecule has 19 heavy (non-hydrogen) atoms. The van der Waals surface area contributed by atoms with Crippen LogP contribution in [0.2, 0.25) is 0 Å². The molecule has 0 amide bonds. The number of nitrogens with one attached hydrogen (secondary N) is 1. The van der Waals surface area contributed by atoms with E-state index in [0.717, 1.165) is 43.4 Å². The fourth-order valence-corrected chi connectivity index (χ4v) is 1.86. The minimum Gasteiger partial charge on any atom is -0.490 e. The Kier molecular flexibility index (Phi) is 5.33. The quantitative estimate of drug-likeness (QED) is 0.803. The summed E-state index contributed by atoms with van der Waals surface area (Å²) in [7, 11) is 0. The third-order valence-corrected chi connectivity index (χ3v) is 2.77. The van der Waals surface area contributed by atoms with Gasteiger partial charge in [-0.2, -0.15) is 0 Å². The second-order valence-electron chi connectivity index (χ2n) is 5.11. The van der Waals surface area contributed by atoms with Crippen LogP contribution in [0.25, 0.3) is 0 Å². The van der Waals surface area contributed by atoms with Gasteiger partial charge in [-0.1, -0.05) is 13.8 Å². The normalized spacial score (nSPS) is 14.3. The standard InChI is InChI=1S/C15H23NO3/c1-12(2)11-17-9-6-16-13-4-5-14-15(10-13)19-8-3-7-18-14/h4-5,10,12,16H,3,6-9,11H2,1-2H3. The van der Waals surface area contributed by atoms with Gasteiger partial charge in [0.1, 0.15) is 0 Å². The van der Waals surface area contributed by atoms with E-state index < -0.39 is 0 Å². The molecule has 0 radical (unpaired) electrons. The maximum Gasteiger partial charge on any atom is 0.163 e. The van der Waals surface area contributed by atoms with Gasteiger partial charge in [-0.15, -0.1) is 0 Å². The van der Waals surface area contributed by atoms with E-state index in [9.17, 15) is 0 Å². The van der Waals surface area contributed by atoms with E-state index >= 15 is 0 Å². The fraction of sp³-hybridized carbons (Fsp3) is 0.600. The first-order valence-corrected chi connectivity index (χ1v) is 6.97. The number of benzene rings is 1. The van der Waals surface area contributed by atoms with E-state index in [1.165, 1.54) is 0 Å². The molecule has 106 valence electrons. The van der Waals surface area contributed by atoms with Crippen molar-refractivity contribution >= 4 is 5.69 Å². The lowest BCUT2D eigenvalue weighted by Crippen LogP contribution is -2.12. The highest BCUT2D eigenvalue weighted by atomic mass is 16.5.